The number of benzene rings is 1. The highest BCUT2D eigenvalue weighted by Gasteiger charge is 2.27. The number of nitro benzene ring substituents is 1. The number of amides is 1. The largest absolute Gasteiger partial charge is 0.375 e. The number of hydrogen-bond acceptors (Lipinski definition) is 5. The standard InChI is InChI=1S/C14H19N3O4/c1-10-13(15-8-9-21-10)14(18)16-7-6-11-2-4-12(5-3-11)17(19)20/h2-5,10,13,15H,6-9H2,1H3,(H,16,18)/t10-,13+/m1/s1. The number of hydrogen-bond donors (Lipinski definition) is 2. The smallest absolute Gasteiger partial charge is 0.269 e. The zero-order valence-corrected chi connectivity index (χ0v) is 11.9. The quantitative estimate of drug-likeness (QED) is 0.613. The molecule has 1 heterocycles. The average molecular weight is 293 g/mol. The van der Waals surface area contributed by atoms with Crippen molar-refractivity contribution >= 4 is 11.6 Å². The summed E-state index contributed by atoms with van der Waals surface area (Å²) in [6.07, 6.45) is 0.490. The van der Waals surface area contributed by atoms with Gasteiger partial charge in [0, 0.05) is 25.2 Å². The predicted octanol–water partition coefficient (Wildman–Crippen LogP) is 0.630. The van der Waals surface area contributed by atoms with Crippen molar-refractivity contribution in [2.45, 2.75) is 25.5 Å². The molecule has 1 fully saturated rings. The number of carbonyl (C=O) groups excluding carboxylic acids is 1. The summed E-state index contributed by atoms with van der Waals surface area (Å²) < 4.78 is 5.42. The highest BCUT2D eigenvalue weighted by atomic mass is 16.6. The lowest BCUT2D eigenvalue weighted by atomic mass is 10.1. The van der Waals surface area contributed by atoms with Crippen molar-refractivity contribution in [1.29, 1.82) is 0 Å². The molecule has 0 spiro atoms. The molecule has 0 bridgehead atoms. The molecule has 2 atom stereocenters. The Morgan fingerprint density at radius 2 is 2.19 bits per heavy atom. The lowest BCUT2D eigenvalue weighted by molar-refractivity contribution is -0.384. The molecule has 0 aliphatic carbocycles. The van der Waals surface area contributed by atoms with Crippen LogP contribution in [0.4, 0.5) is 5.69 Å². The van der Waals surface area contributed by atoms with E-state index in [-0.39, 0.29) is 23.7 Å². The zero-order chi connectivity index (χ0) is 15.2. The second-order valence-corrected chi connectivity index (χ2v) is 4.97. The second kappa shape index (κ2) is 7.14. The highest BCUT2D eigenvalue weighted by Crippen LogP contribution is 2.12. The topological polar surface area (TPSA) is 93.5 Å². The molecule has 0 radical (unpaired) electrons. The Balaban J connectivity index is 1.78. The van der Waals surface area contributed by atoms with E-state index in [4.69, 9.17) is 4.74 Å². The fourth-order valence-electron chi connectivity index (χ4n) is 2.25. The minimum absolute atomic E-state index is 0.0696. The molecule has 0 aromatic heterocycles. The van der Waals surface area contributed by atoms with Crippen LogP contribution < -0.4 is 10.6 Å². The van der Waals surface area contributed by atoms with Crippen LogP contribution in [0.1, 0.15) is 12.5 Å². The third-order valence-electron chi connectivity index (χ3n) is 3.46. The van der Waals surface area contributed by atoms with E-state index in [1.165, 1.54) is 12.1 Å². The van der Waals surface area contributed by atoms with E-state index in [0.717, 1.165) is 5.56 Å². The molecular formula is C14H19N3O4. The molecule has 1 aliphatic heterocycles. The van der Waals surface area contributed by atoms with Crippen molar-refractivity contribution in [3.8, 4) is 0 Å². The van der Waals surface area contributed by atoms with Gasteiger partial charge in [-0.05, 0) is 18.9 Å². The van der Waals surface area contributed by atoms with Gasteiger partial charge in [-0.25, -0.2) is 0 Å². The van der Waals surface area contributed by atoms with Crippen LogP contribution in [0, 0.1) is 10.1 Å². The minimum Gasteiger partial charge on any atom is -0.375 e. The molecule has 2 rings (SSSR count). The first-order valence-electron chi connectivity index (χ1n) is 6.94. The number of nitrogens with zero attached hydrogens (tertiary/aromatic N) is 1. The molecule has 1 saturated heterocycles. The van der Waals surface area contributed by atoms with Crippen molar-refractivity contribution in [3.63, 3.8) is 0 Å². The Morgan fingerprint density at radius 3 is 2.81 bits per heavy atom. The lowest BCUT2D eigenvalue weighted by Gasteiger charge is -2.29. The normalized spacial score (nSPS) is 21.8. The number of nitro groups is 1. The van der Waals surface area contributed by atoms with Crippen LogP contribution in [-0.4, -0.2) is 42.7 Å². The van der Waals surface area contributed by atoms with Crippen LogP contribution >= 0.6 is 0 Å². The maximum absolute atomic E-state index is 12.0. The monoisotopic (exact) mass is 293 g/mol. The van der Waals surface area contributed by atoms with Gasteiger partial charge >= 0.3 is 0 Å². The van der Waals surface area contributed by atoms with Crippen LogP contribution in [0.25, 0.3) is 0 Å². The van der Waals surface area contributed by atoms with Gasteiger partial charge in [0.25, 0.3) is 5.69 Å². The third-order valence-corrected chi connectivity index (χ3v) is 3.46. The maximum Gasteiger partial charge on any atom is 0.269 e. The van der Waals surface area contributed by atoms with Gasteiger partial charge < -0.3 is 15.4 Å². The van der Waals surface area contributed by atoms with E-state index >= 15 is 0 Å². The Hall–Kier alpha value is -1.99. The van der Waals surface area contributed by atoms with E-state index in [2.05, 4.69) is 10.6 Å². The van der Waals surface area contributed by atoms with Gasteiger partial charge in [-0.1, -0.05) is 12.1 Å². The summed E-state index contributed by atoms with van der Waals surface area (Å²) in [4.78, 5) is 22.1. The summed E-state index contributed by atoms with van der Waals surface area (Å²) in [5, 5.41) is 16.5. The molecule has 1 aliphatic rings. The summed E-state index contributed by atoms with van der Waals surface area (Å²) in [7, 11) is 0. The van der Waals surface area contributed by atoms with Crippen LogP contribution in [0.3, 0.4) is 0 Å². The third kappa shape index (κ3) is 4.24. The number of rotatable bonds is 5. The minimum atomic E-state index is -0.429. The molecule has 7 nitrogen and oxygen atoms in total. The molecule has 1 amide bonds. The number of nitrogens with one attached hydrogen (secondary N) is 2. The highest BCUT2D eigenvalue weighted by molar-refractivity contribution is 5.82. The summed E-state index contributed by atoms with van der Waals surface area (Å²) in [6.45, 7) is 3.65. The molecule has 1 aromatic rings. The van der Waals surface area contributed by atoms with Gasteiger partial charge in [-0.3, -0.25) is 14.9 Å². The SMILES string of the molecule is C[C@H]1OCCN[C@@H]1C(=O)NCCc1ccc([N+](=O)[O-])cc1. The van der Waals surface area contributed by atoms with Gasteiger partial charge in [0.1, 0.15) is 6.04 Å². The van der Waals surface area contributed by atoms with E-state index in [1.807, 2.05) is 6.92 Å². The molecule has 2 N–H and O–H groups in total. The van der Waals surface area contributed by atoms with Gasteiger partial charge in [-0.2, -0.15) is 0 Å². The average Bonchev–Trinajstić information content (AvgIpc) is 2.48. The fourth-order valence-corrected chi connectivity index (χ4v) is 2.25. The lowest BCUT2D eigenvalue weighted by Crippen LogP contribution is -2.55. The zero-order valence-electron chi connectivity index (χ0n) is 11.9. The molecule has 7 heteroatoms. The fraction of sp³-hybridized carbons (Fsp3) is 0.500. The predicted molar refractivity (Wildman–Crippen MR) is 77.0 cm³/mol. The Labute approximate surface area is 122 Å². The first-order chi connectivity index (χ1) is 10.1. The van der Waals surface area contributed by atoms with Gasteiger partial charge in [0.15, 0.2) is 0 Å². The van der Waals surface area contributed by atoms with Crippen molar-refractivity contribution < 1.29 is 14.5 Å². The van der Waals surface area contributed by atoms with Crippen molar-refractivity contribution in [2.24, 2.45) is 0 Å². The Bertz CT molecular complexity index is 503. The summed E-state index contributed by atoms with van der Waals surface area (Å²) in [5.41, 5.74) is 1.02. The molecule has 1 aromatic carbocycles. The number of non-ortho nitro benzene ring substituents is 1. The van der Waals surface area contributed by atoms with E-state index in [9.17, 15) is 14.9 Å². The summed E-state index contributed by atoms with van der Waals surface area (Å²) >= 11 is 0. The molecule has 0 unspecified atom stereocenters. The van der Waals surface area contributed by atoms with E-state index < -0.39 is 4.92 Å². The second-order valence-electron chi connectivity index (χ2n) is 4.97. The van der Waals surface area contributed by atoms with Crippen LogP contribution in [-0.2, 0) is 16.0 Å². The molecule has 21 heavy (non-hydrogen) atoms. The first-order valence-corrected chi connectivity index (χ1v) is 6.94. The van der Waals surface area contributed by atoms with E-state index in [1.54, 1.807) is 12.1 Å². The number of carbonyl (C=O) groups is 1. The summed E-state index contributed by atoms with van der Waals surface area (Å²) in [5.74, 6) is -0.0795. The number of morpholine rings is 1. The Morgan fingerprint density at radius 1 is 1.48 bits per heavy atom. The van der Waals surface area contributed by atoms with Gasteiger partial charge in [0.2, 0.25) is 5.91 Å². The van der Waals surface area contributed by atoms with Crippen molar-refractivity contribution in [3.05, 3.63) is 39.9 Å². The molecule has 0 saturated carbocycles. The molecule has 114 valence electrons. The van der Waals surface area contributed by atoms with Gasteiger partial charge in [-0.15, -0.1) is 0 Å². The van der Waals surface area contributed by atoms with Crippen LogP contribution in [0.5, 0.6) is 0 Å². The van der Waals surface area contributed by atoms with E-state index in [0.29, 0.717) is 26.1 Å². The van der Waals surface area contributed by atoms with Gasteiger partial charge in [0.05, 0.1) is 17.6 Å². The first kappa shape index (κ1) is 15.4. The van der Waals surface area contributed by atoms with Crippen molar-refractivity contribution in [2.75, 3.05) is 19.7 Å². The molecular weight excluding hydrogens is 274 g/mol. The number of ether oxygens (including phenoxy) is 1. The Kier molecular flexibility index (Phi) is 5.24. The summed E-state index contributed by atoms with van der Waals surface area (Å²) in [6, 6.07) is 6.02. The van der Waals surface area contributed by atoms with Crippen molar-refractivity contribution in [1.82, 2.24) is 10.6 Å². The maximum atomic E-state index is 12.0. The van der Waals surface area contributed by atoms with Crippen LogP contribution in [0.2, 0.25) is 0 Å². The van der Waals surface area contributed by atoms with Crippen LogP contribution in [0.15, 0.2) is 24.3 Å².